The summed E-state index contributed by atoms with van der Waals surface area (Å²) in [5.41, 5.74) is 3.41. The van der Waals surface area contributed by atoms with Gasteiger partial charge in [0.15, 0.2) is 0 Å². The average molecular weight is 664 g/mol. The van der Waals surface area contributed by atoms with Crippen molar-refractivity contribution in [2.24, 2.45) is 5.41 Å². The number of carboxylic acids is 1. The number of hydrogen-bond acceptors (Lipinski definition) is 7. The molecule has 8 nitrogen and oxygen atoms in total. The van der Waals surface area contributed by atoms with Crippen LogP contribution in [-0.2, 0) is 11.0 Å². The highest BCUT2D eigenvalue weighted by molar-refractivity contribution is 6.31. The van der Waals surface area contributed by atoms with Gasteiger partial charge in [-0.25, -0.2) is 0 Å². The third kappa shape index (κ3) is 6.92. The van der Waals surface area contributed by atoms with Crippen LogP contribution in [0.4, 0.5) is 38.1 Å². The summed E-state index contributed by atoms with van der Waals surface area (Å²) in [4.78, 5) is 21.2. The first-order valence-corrected chi connectivity index (χ1v) is 14.1. The van der Waals surface area contributed by atoms with E-state index in [1.54, 1.807) is 4.90 Å². The highest BCUT2D eigenvalue weighted by Crippen LogP contribution is 2.44. The minimum atomic E-state index is -5.05. The van der Waals surface area contributed by atoms with Crippen molar-refractivity contribution in [2.75, 3.05) is 30.3 Å². The number of ether oxygens (including phenoxy) is 1. The number of carbonyl (C=O) groups is 1. The van der Waals surface area contributed by atoms with Crippen molar-refractivity contribution in [1.29, 1.82) is 0 Å². The van der Waals surface area contributed by atoms with Crippen LogP contribution >= 0.6 is 23.2 Å². The van der Waals surface area contributed by atoms with Crippen LogP contribution in [-0.4, -0.2) is 52.9 Å². The second-order valence-electron chi connectivity index (χ2n) is 10.9. The Morgan fingerprint density at radius 2 is 1.75 bits per heavy atom. The first-order chi connectivity index (χ1) is 20.5. The van der Waals surface area contributed by atoms with Gasteiger partial charge in [-0.15, -0.1) is 0 Å². The molecule has 0 bridgehead atoms. The van der Waals surface area contributed by atoms with E-state index in [-0.39, 0.29) is 38.4 Å². The van der Waals surface area contributed by atoms with E-state index in [2.05, 4.69) is 15.3 Å². The maximum atomic E-state index is 14.6. The third-order valence-electron chi connectivity index (χ3n) is 7.88. The number of carboxylic acid groups (broad SMARTS) is 1. The summed E-state index contributed by atoms with van der Waals surface area (Å²) in [6, 6.07) is 6.28. The van der Waals surface area contributed by atoms with Crippen molar-refractivity contribution >= 4 is 40.9 Å². The van der Waals surface area contributed by atoms with Gasteiger partial charge in [-0.1, -0.05) is 29.3 Å². The van der Waals surface area contributed by atoms with Crippen LogP contribution in [0.2, 0.25) is 10.0 Å². The van der Waals surface area contributed by atoms with E-state index in [1.807, 2.05) is 0 Å². The van der Waals surface area contributed by atoms with Gasteiger partial charge in [0, 0.05) is 41.3 Å². The molecule has 2 aliphatic heterocycles. The quantitative estimate of drug-likeness (QED) is 0.248. The summed E-state index contributed by atoms with van der Waals surface area (Å²) < 4.78 is 89.5. The lowest BCUT2D eigenvalue weighted by Crippen LogP contribution is -2.41. The normalized spacial score (nSPS) is 19.3. The van der Waals surface area contributed by atoms with Crippen LogP contribution in [0.3, 0.4) is 0 Å². The summed E-state index contributed by atoms with van der Waals surface area (Å²) in [5, 5.41) is 12.0. The van der Waals surface area contributed by atoms with Gasteiger partial charge < -0.3 is 25.8 Å². The molecule has 2 fully saturated rings. The molecule has 1 spiro atoms. The van der Waals surface area contributed by atoms with Crippen LogP contribution in [0.25, 0.3) is 11.1 Å². The highest BCUT2D eigenvalue weighted by atomic mass is 35.5. The van der Waals surface area contributed by atoms with Gasteiger partial charge in [-0.3, -0.25) is 4.79 Å². The number of benzene rings is 2. The van der Waals surface area contributed by atoms with Crippen molar-refractivity contribution in [2.45, 2.75) is 43.8 Å². The molecule has 2 atom stereocenters. The molecule has 44 heavy (non-hydrogen) atoms. The fourth-order valence-corrected chi connectivity index (χ4v) is 6.09. The minimum absolute atomic E-state index is 0.0261. The lowest BCUT2D eigenvalue weighted by Gasteiger charge is -2.39. The molecular formula is C28H25Cl2F6N5O3. The summed E-state index contributed by atoms with van der Waals surface area (Å²) in [6.45, 7) is 1.40. The number of alkyl halides is 6. The maximum Gasteiger partial charge on any atom is 0.429 e. The van der Waals surface area contributed by atoms with Gasteiger partial charge in [-0.2, -0.15) is 36.3 Å². The second-order valence-corrected chi connectivity index (χ2v) is 11.8. The van der Waals surface area contributed by atoms with Gasteiger partial charge in [0.1, 0.15) is 11.9 Å². The molecule has 0 aliphatic carbocycles. The molecule has 1 aromatic heterocycles. The number of hydrogen-bond donors (Lipinski definition) is 3. The fourth-order valence-electron chi connectivity index (χ4n) is 5.68. The molecule has 2 aromatic carbocycles. The average Bonchev–Trinajstić information content (AvgIpc) is 3.34. The van der Waals surface area contributed by atoms with E-state index >= 15 is 0 Å². The zero-order chi connectivity index (χ0) is 32.0. The number of rotatable bonds is 6. The summed E-state index contributed by atoms with van der Waals surface area (Å²) in [5.74, 6) is -1.57. The van der Waals surface area contributed by atoms with Gasteiger partial charge in [0.25, 0.3) is 0 Å². The lowest BCUT2D eigenvalue weighted by atomic mass is 9.76. The predicted molar refractivity (Wildman–Crippen MR) is 151 cm³/mol. The van der Waals surface area contributed by atoms with Crippen LogP contribution in [0.15, 0.2) is 42.5 Å². The number of anilines is 2. The minimum Gasteiger partial charge on any atom is -0.480 e. The topological polar surface area (TPSA) is 114 Å². The zero-order valence-electron chi connectivity index (χ0n) is 22.6. The Labute approximate surface area is 257 Å². The maximum absolute atomic E-state index is 14.6. The summed E-state index contributed by atoms with van der Waals surface area (Å²) in [6.07, 6.45) is -10.9. The molecule has 4 N–H and O–H groups in total. The van der Waals surface area contributed by atoms with Crippen molar-refractivity contribution < 1.29 is 41.0 Å². The Morgan fingerprint density at radius 1 is 1.05 bits per heavy atom. The number of nitrogens with two attached hydrogens (primary N) is 1. The standard InChI is InChI=1S/C28H25Cl2F6N5O3/c29-16-1-2-18(19(10-16)14-7-15(27(31,32)33)9-17(30)8-14)23(28(34,35)36)44-22-11-21(39-25(37)40-22)41-5-3-26(4-6-41)12-20(24(42)43)38-13-26/h1-2,7-11,20,23,38H,3-6,12-13H2,(H,42,43)(H2,37,39,40). The number of aliphatic carboxylic acids is 1. The molecule has 3 aromatic rings. The molecule has 16 heteroatoms. The molecule has 0 saturated carbocycles. The van der Waals surface area contributed by atoms with E-state index in [9.17, 15) is 36.2 Å². The summed E-state index contributed by atoms with van der Waals surface area (Å²) in [7, 11) is 0. The van der Waals surface area contributed by atoms with Gasteiger partial charge in [0.2, 0.25) is 17.9 Å². The number of nitrogens with zero attached hydrogens (tertiary/aromatic N) is 3. The summed E-state index contributed by atoms with van der Waals surface area (Å²) >= 11 is 12.0. The molecular weight excluding hydrogens is 639 g/mol. The molecule has 3 heterocycles. The van der Waals surface area contributed by atoms with E-state index in [4.69, 9.17) is 33.7 Å². The number of nitrogen functional groups attached to an aromatic ring is 1. The SMILES string of the molecule is Nc1nc(OC(c2ccc(Cl)cc2-c2cc(Cl)cc(C(F)(F)F)c2)C(F)(F)F)cc(N2CCC3(CC2)CNC(C(=O)O)C3)n1. The van der Waals surface area contributed by atoms with E-state index in [0.717, 1.165) is 24.3 Å². The number of aromatic nitrogens is 2. The number of nitrogens with one attached hydrogen (secondary N) is 1. The Morgan fingerprint density at radius 3 is 2.36 bits per heavy atom. The smallest absolute Gasteiger partial charge is 0.429 e. The first-order valence-electron chi connectivity index (χ1n) is 13.3. The molecule has 5 rings (SSSR count). The van der Waals surface area contributed by atoms with Crippen molar-refractivity contribution in [1.82, 2.24) is 15.3 Å². The fraction of sp³-hybridized carbons (Fsp3) is 0.393. The Kier molecular flexibility index (Phi) is 8.55. The monoisotopic (exact) mass is 663 g/mol. The molecule has 0 amide bonds. The molecule has 2 aliphatic rings. The van der Waals surface area contributed by atoms with E-state index < -0.39 is 47.5 Å². The Bertz CT molecular complexity index is 1560. The van der Waals surface area contributed by atoms with Gasteiger partial charge in [0.05, 0.1) is 5.56 Å². The molecule has 2 unspecified atom stereocenters. The Balaban J connectivity index is 1.45. The van der Waals surface area contributed by atoms with Crippen molar-refractivity contribution in [3.05, 3.63) is 63.6 Å². The van der Waals surface area contributed by atoms with Crippen molar-refractivity contribution in [3.63, 3.8) is 0 Å². The van der Waals surface area contributed by atoms with Crippen LogP contribution in [0.1, 0.15) is 36.5 Å². The Hall–Kier alpha value is -3.49. The van der Waals surface area contributed by atoms with Crippen LogP contribution in [0, 0.1) is 5.41 Å². The second kappa shape index (κ2) is 11.8. The van der Waals surface area contributed by atoms with E-state index in [0.29, 0.717) is 51.0 Å². The third-order valence-corrected chi connectivity index (χ3v) is 8.34. The largest absolute Gasteiger partial charge is 0.480 e. The van der Waals surface area contributed by atoms with Gasteiger partial charge in [-0.05, 0) is 66.1 Å². The zero-order valence-corrected chi connectivity index (χ0v) is 24.2. The number of halogens is 8. The van der Waals surface area contributed by atoms with Crippen LogP contribution < -0.4 is 20.7 Å². The molecule has 2 saturated heterocycles. The molecule has 236 valence electrons. The number of piperidine rings is 1. The highest BCUT2D eigenvalue weighted by Gasteiger charge is 2.46. The first kappa shape index (κ1) is 31.9. The van der Waals surface area contributed by atoms with Gasteiger partial charge >= 0.3 is 18.3 Å². The molecule has 0 radical (unpaired) electrons. The predicted octanol–water partition coefficient (Wildman–Crippen LogP) is 6.77. The van der Waals surface area contributed by atoms with Crippen molar-refractivity contribution in [3.8, 4) is 17.0 Å². The van der Waals surface area contributed by atoms with Crippen LogP contribution in [0.5, 0.6) is 5.88 Å². The lowest BCUT2D eigenvalue weighted by molar-refractivity contribution is -0.198. The van der Waals surface area contributed by atoms with E-state index in [1.165, 1.54) is 6.07 Å².